The summed E-state index contributed by atoms with van der Waals surface area (Å²) in [5.74, 6) is -2.08. The van der Waals surface area contributed by atoms with Crippen LogP contribution in [0.1, 0.15) is 31.7 Å². The number of hydrogen-bond donors (Lipinski definition) is 2. The summed E-state index contributed by atoms with van der Waals surface area (Å²) in [6.07, 6.45) is 0.516. The molecule has 0 heterocycles. The number of carboxylic acids is 1. The van der Waals surface area contributed by atoms with Crippen molar-refractivity contribution in [3.8, 4) is 6.07 Å². The molecule has 0 saturated carbocycles. The molecule has 0 aromatic heterocycles. The Kier molecular flexibility index (Phi) is 5.81. The third-order valence-electron chi connectivity index (χ3n) is 2.76. The van der Waals surface area contributed by atoms with Crippen LogP contribution in [-0.2, 0) is 14.8 Å². The topological polar surface area (TPSA) is 107 Å². The van der Waals surface area contributed by atoms with Crippen LogP contribution in [0.2, 0.25) is 0 Å². The van der Waals surface area contributed by atoms with Gasteiger partial charge in [0, 0.05) is 6.04 Å². The van der Waals surface area contributed by atoms with Crippen LogP contribution in [0.4, 0.5) is 4.39 Å². The summed E-state index contributed by atoms with van der Waals surface area (Å²) in [5, 5.41) is 17.6. The third kappa shape index (κ3) is 4.51. The van der Waals surface area contributed by atoms with Gasteiger partial charge < -0.3 is 5.11 Å². The Labute approximate surface area is 122 Å². The van der Waals surface area contributed by atoms with E-state index in [1.807, 2.05) is 0 Å². The fourth-order valence-corrected chi connectivity index (χ4v) is 3.32. The number of sulfonamides is 1. The molecule has 0 saturated heterocycles. The molecule has 0 bridgehead atoms. The van der Waals surface area contributed by atoms with Crippen molar-refractivity contribution in [2.45, 2.75) is 37.1 Å². The van der Waals surface area contributed by atoms with E-state index in [9.17, 15) is 17.6 Å². The minimum atomic E-state index is -4.17. The van der Waals surface area contributed by atoms with Gasteiger partial charge in [0.25, 0.3) is 0 Å². The van der Waals surface area contributed by atoms with Gasteiger partial charge in [0.1, 0.15) is 22.3 Å². The second kappa shape index (κ2) is 7.15. The van der Waals surface area contributed by atoms with Gasteiger partial charge in [-0.25, -0.2) is 17.5 Å². The normalized spacial score (nSPS) is 12.6. The van der Waals surface area contributed by atoms with Crippen LogP contribution >= 0.6 is 0 Å². The Morgan fingerprint density at radius 1 is 1.52 bits per heavy atom. The van der Waals surface area contributed by atoms with Crippen molar-refractivity contribution >= 4 is 16.0 Å². The molecule has 0 aliphatic heterocycles. The summed E-state index contributed by atoms with van der Waals surface area (Å²) in [6.45, 7) is 1.78. The molecule has 21 heavy (non-hydrogen) atoms. The minimum Gasteiger partial charge on any atom is -0.481 e. The Morgan fingerprint density at radius 2 is 2.19 bits per heavy atom. The van der Waals surface area contributed by atoms with E-state index >= 15 is 0 Å². The molecule has 0 aliphatic rings. The lowest BCUT2D eigenvalue weighted by atomic mass is 10.1. The number of hydrogen-bond acceptors (Lipinski definition) is 4. The molecule has 114 valence electrons. The second-order valence-corrected chi connectivity index (χ2v) is 6.11. The van der Waals surface area contributed by atoms with E-state index in [0.717, 1.165) is 12.1 Å². The molecule has 1 atom stereocenters. The molecule has 6 nitrogen and oxygen atoms in total. The molecule has 1 aromatic carbocycles. The average molecular weight is 314 g/mol. The first-order chi connectivity index (χ1) is 9.81. The van der Waals surface area contributed by atoms with Gasteiger partial charge in [-0.05, 0) is 18.6 Å². The van der Waals surface area contributed by atoms with Crippen LogP contribution in [0.15, 0.2) is 23.1 Å². The Bertz CT molecular complexity index is 667. The van der Waals surface area contributed by atoms with Gasteiger partial charge in [0.15, 0.2) is 0 Å². The van der Waals surface area contributed by atoms with Crippen molar-refractivity contribution in [1.82, 2.24) is 4.72 Å². The van der Waals surface area contributed by atoms with Crippen LogP contribution < -0.4 is 4.72 Å². The zero-order valence-electron chi connectivity index (χ0n) is 11.3. The number of rotatable bonds is 7. The quantitative estimate of drug-likeness (QED) is 0.795. The molecule has 0 fully saturated rings. The van der Waals surface area contributed by atoms with Crippen molar-refractivity contribution in [2.24, 2.45) is 0 Å². The summed E-state index contributed by atoms with van der Waals surface area (Å²) in [7, 11) is -4.17. The van der Waals surface area contributed by atoms with E-state index < -0.39 is 38.3 Å². The lowest BCUT2D eigenvalue weighted by Gasteiger charge is -2.16. The average Bonchev–Trinajstić information content (AvgIpc) is 2.37. The molecule has 0 aliphatic carbocycles. The maximum atomic E-state index is 13.5. The predicted molar refractivity (Wildman–Crippen MR) is 72.4 cm³/mol. The Morgan fingerprint density at radius 3 is 2.71 bits per heavy atom. The van der Waals surface area contributed by atoms with Crippen LogP contribution in [0.5, 0.6) is 0 Å². The summed E-state index contributed by atoms with van der Waals surface area (Å²) >= 11 is 0. The van der Waals surface area contributed by atoms with Crippen molar-refractivity contribution < 1.29 is 22.7 Å². The molecular weight excluding hydrogens is 299 g/mol. The Balaban J connectivity index is 3.14. The van der Waals surface area contributed by atoms with Gasteiger partial charge in [-0.15, -0.1) is 0 Å². The Hall–Kier alpha value is -1.98. The molecule has 0 amide bonds. The second-order valence-electron chi connectivity index (χ2n) is 4.43. The van der Waals surface area contributed by atoms with Gasteiger partial charge in [-0.2, -0.15) is 5.26 Å². The van der Waals surface area contributed by atoms with E-state index in [4.69, 9.17) is 10.4 Å². The van der Waals surface area contributed by atoms with Crippen molar-refractivity contribution in [3.05, 3.63) is 29.6 Å². The van der Waals surface area contributed by atoms with Crippen LogP contribution in [0.25, 0.3) is 0 Å². The van der Waals surface area contributed by atoms with Crippen LogP contribution in [0, 0.1) is 17.1 Å². The fourth-order valence-electron chi connectivity index (χ4n) is 1.88. The highest BCUT2D eigenvalue weighted by Crippen LogP contribution is 2.19. The number of nitrogens with zero attached hydrogens (tertiary/aromatic N) is 1. The molecule has 0 spiro atoms. The summed E-state index contributed by atoms with van der Waals surface area (Å²) < 4.78 is 40.1. The van der Waals surface area contributed by atoms with Gasteiger partial charge in [0.2, 0.25) is 10.0 Å². The maximum Gasteiger partial charge on any atom is 0.304 e. The number of nitriles is 1. The van der Waals surface area contributed by atoms with Crippen molar-refractivity contribution in [2.75, 3.05) is 0 Å². The predicted octanol–water partition coefficient (Wildman–Crippen LogP) is 1.62. The highest BCUT2D eigenvalue weighted by molar-refractivity contribution is 7.89. The van der Waals surface area contributed by atoms with E-state index in [0.29, 0.717) is 12.8 Å². The lowest BCUT2D eigenvalue weighted by molar-refractivity contribution is -0.137. The number of carbonyl (C=O) groups is 1. The van der Waals surface area contributed by atoms with Crippen LogP contribution in [0.3, 0.4) is 0 Å². The minimum absolute atomic E-state index is 0.322. The number of aliphatic carboxylic acids is 1. The van der Waals surface area contributed by atoms with Gasteiger partial charge >= 0.3 is 5.97 Å². The molecule has 1 unspecified atom stereocenters. The summed E-state index contributed by atoms with van der Waals surface area (Å²) in [5.41, 5.74) is -0.587. The lowest BCUT2D eigenvalue weighted by Crippen LogP contribution is -2.36. The number of nitrogens with one attached hydrogen (secondary N) is 1. The van der Waals surface area contributed by atoms with E-state index in [-0.39, 0.29) is 6.42 Å². The molecule has 2 N–H and O–H groups in total. The fraction of sp³-hybridized carbons (Fsp3) is 0.385. The molecule has 1 rings (SSSR count). The number of halogens is 1. The maximum absolute atomic E-state index is 13.5. The van der Waals surface area contributed by atoms with Gasteiger partial charge in [0.05, 0.1) is 6.42 Å². The summed E-state index contributed by atoms with van der Waals surface area (Å²) in [4.78, 5) is 10.2. The largest absolute Gasteiger partial charge is 0.481 e. The molecule has 8 heteroatoms. The highest BCUT2D eigenvalue weighted by atomic mass is 32.2. The first-order valence-corrected chi connectivity index (χ1v) is 7.72. The van der Waals surface area contributed by atoms with Crippen molar-refractivity contribution in [3.63, 3.8) is 0 Å². The molecule has 0 radical (unpaired) electrons. The van der Waals surface area contributed by atoms with Gasteiger partial charge in [-0.3, -0.25) is 4.79 Å². The molecule has 1 aromatic rings. The highest BCUT2D eigenvalue weighted by Gasteiger charge is 2.25. The standard InChI is InChI=1S/C13H15FN2O4S/c1-2-4-9(7-13(17)18)16-21(19,20)12-6-3-5-11(14)10(12)8-15/h3,5-6,9,16H,2,4,7H2,1H3,(H,17,18). The first kappa shape index (κ1) is 17.1. The van der Waals surface area contributed by atoms with E-state index in [2.05, 4.69) is 4.72 Å². The van der Waals surface area contributed by atoms with Crippen molar-refractivity contribution in [1.29, 1.82) is 5.26 Å². The van der Waals surface area contributed by atoms with E-state index in [1.165, 1.54) is 12.1 Å². The SMILES string of the molecule is CCCC(CC(=O)O)NS(=O)(=O)c1cccc(F)c1C#N. The third-order valence-corrected chi connectivity index (χ3v) is 4.32. The van der Waals surface area contributed by atoms with E-state index in [1.54, 1.807) is 6.92 Å². The molecular formula is C13H15FN2O4S. The summed E-state index contributed by atoms with van der Waals surface area (Å²) in [6, 6.07) is 3.96. The number of carboxylic acid groups (broad SMARTS) is 1. The smallest absolute Gasteiger partial charge is 0.304 e. The number of benzene rings is 1. The monoisotopic (exact) mass is 314 g/mol. The zero-order chi connectivity index (χ0) is 16.0. The van der Waals surface area contributed by atoms with Gasteiger partial charge in [-0.1, -0.05) is 19.4 Å². The van der Waals surface area contributed by atoms with Crippen LogP contribution in [-0.4, -0.2) is 25.5 Å². The first-order valence-electron chi connectivity index (χ1n) is 6.24. The zero-order valence-corrected chi connectivity index (χ0v) is 12.2.